The number of hydrogen-bond acceptors (Lipinski definition) is 4. The van der Waals surface area contributed by atoms with E-state index in [-0.39, 0.29) is 24.3 Å². The van der Waals surface area contributed by atoms with Crippen molar-refractivity contribution in [1.82, 2.24) is 0 Å². The van der Waals surface area contributed by atoms with E-state index in [2.05, 4.69) is 4.74 Å². The molecular formula is C8H12O4. The maximum Gasteiger partial charge on any atom is 0.348 e. The molecule has 0 radical (unpaired) electrons. The molecule has 0 aliphatic carbocycles. The van der Waals surface area contributed by atoms with Gasteiger partial charge in [-0.3, -0.25) is 4.79 Å². The summed E-state index contributed by atoms with van der Waals surface area (Å²) in [6.07, 6.45) is 0.0170. The van der Waals surface area contributed by atoms with Gasteiger partial charge in [0.05, 0.1) is 6.10 Å². The first-order chi connectivity index (χ1) is 5.59. The van der Waals surface area contributed by atoms with Crippen molar-refractivity contribution in [2.75, 3.05) is 0 Å². The third-order valence-corrected chi connectivity index (χ3v) is 1.67. The summed E-state index contributed by atoms with van der Waals surface area (Å²) in [7, 11) is 0. The summed E-state index contributed by atoms with van der Waals surface area (Å²) in [6.45, 7) is 1.57. The predicted molar refractivity (Wildman–Crippen MR) is 40.4 cm³/mol. The highest BCUT2D eigenvalue weighted by Gasteiger charge is 2.37. The third-order valence-electron chi connectivity index (χ3n) is 1.67. The first kappa shape index (κ1) is 9.19. The number of epoxide rings is 1. The molecule has 0 aromatic rings. The summed E-state index contributed by atoms with van der Waals surface area (Å²) >= 11 is 0. The Bertz CT molecular complexity index is 197. The zero-order valence-corrected chi connectivity index (χ0v) is 6.95. The maximum absolute atomic E-state index is 11.0. The van der Waals surface area contributed by atoms with Crippen molar-refractivity contribution in [2.45, 2.75) is 38.4 Å². The van der Waals surface area contributed by atoms with Gasteiger partial charge >= 0.3 is 5.97 Å². The third kappa shape index (κ3) is 3.00. The molecule has 2 atom stereocenters. The van der Waals surface area contributed by atoms with E-state index in [0.717, 1.165) is 0 Å². The van der Waals surface area contributed by atoms with Gasteiger partial charge in [0.25, 0.3) is 0 Å². The van der Waals surface area contributed by atoms with Crippen molar-refractivity contribution in [1.29, 1.82) is 0 Å². The number of hydrogen-bond donors (Lipinski definition) is 1. The number of aliphatic hydroxyl groups excluding tert-OH is 1. The van der Waals surface area contributed by atoms with Crippen LogP contribution < -0.4 is 0 Å². The lowest BCUT2D eigenvalue weighted by Gasteiger charge is -2.00. The minimum absolute atomic E-state index is 0.0201. The first-order valence-corrected chi connectivity index (χ1v) is 4.00. The van der Waals surface area contributed by atoms with Gasteiger partial charge < -0.3 is 9.84 Å². The SMILES string of the molecule is CC(O)CC(=O)CCC1OC1=O. The fourth-order valence-electron chi connectivity index (χ4n) is 1.01. The number of ketones is 1. The normalized spacial score (nSPS) is 23.2. The number of carbonyl (C=O) groups excluding carboxylic acids is 2. The lowest BCUT2D eigenvalue weighted by molar-refractivity contribution is -0.120. The molecule has 68 valence electrons. The predicted octanol–water partition coefficient (Wildman–Crippen LogP) is 0.0320. The molecule has 1 aliphatic rings. The molecule has 4 heteroatoms. The molecule has 1 heterocycles. The highest BCUT2D eigenvalue weighted by molar-refractivity contribution is 5.88. The Hall–Kier alpha value is -0.900. The standard InChI is InChI=1S/C8H12O4/c1-5(9)4-6(10)2-3-7-8(11)12-7/h5,7,9H,2-4H2,1H3. The van der Waals surface area contributed by atoms with Gasteiger partial charge in [0, 0.05) is 19.3 Å². The van der Waals surface area contributed by atoms with Gasteiger partial charge in [0.1, 0.15) is 5.78 Å². The van der Waals surface area contributed by atoms with Gasteiger partial charge in [-0.2, -0.15) is 0 Å². The molecule has 12 heavy (non-hydrogen) atoms. The molecule has 1 saturated heterocycles. The van der Waals surface area contributed by atoms with E-state index >= 15 is 0 Å². The monoisotopic (exact) mass is 172 g/mol. The molecule has 1 rings (SSSR count). The number of ether oxygens (including phenoxy) is 1. The lowest BCUT2D eigenvalue weighted by atomic mass is 10.1. The van der Waals surface area contributed by atoms with Crippen LogP contribution in [0, 0.1) is 0 Å². The van der Waals surface area contributed by atoms with E-state index in [1.165, 1.54) is 0 Å². The van der Waals surface area contributed by atoms with Gasteiger partial charge in [0.15, 0.2) is 6.10 Å². The molecule has 0 aromatic carbocycles. The van der Waals surface area contributed by atoms with Crippen LogP contribution in [0.25, 0.3) is 0 Å². The van der Waals surface area contributed by atoms with Gasteiger partial charge in [-0.05, 0) is 6.92 Å². The molecule has 0 spiro atoms. The summed E-state index contributed by atoms with van der Waals surface area (Å²) in [5, 5.41) is 8.84. The Balaban J connectivity index is 2.06. The van der Waals surface area contributed by atoms with E-state index in [1.54, 1.807) is 6.92 Å². The van der Waals surface area contributed by atoms with E-state index in [4.69, 9.17) is 5.11 Å². The minimum Gasteiger partial charge on any atom is -0.448 e. The van der Waals surface area contributed by atoms with Crippen LogP contribution in [-0.4, -0.2) is 29.1 Å². The molecule has 2 unspecified atom stereocenters. The van der Waals surface area contributed by atoms with Gasteiger partial charge in [0.2, 0.25) is 0 Å². The van der Waals surface area contributed by atoms with Crippen molar-refractivity contribution in [3.8, 4) is 0 Å². The van der Waals surface area contributed by atoms with Gasteiger partial charge in [-0.25, -0.2) is 4.79 Å². The maximum atomic E-state index is 11.0. The van der Waals surface area contributed by atoms with Crippen LogP contribution in [0.4, 0.5) is 0 Å². The molecule has 1 fully saturated rings. The number of cyclic esters (lactones) is 1. The number of carbonyl (C=O) groups is 2. The van der Waals surface area contributed by atoms with Crippen molar-refractivity contribution in [2.24, 2.45) is 0 Å². The van der Waals surface area contributed by atoms with E-state index in [0.29, 0.717) is 12.8 Å². The van der Waals surface area contributed by atoms with Crippen LogP contribution in [0.1, 0.15) is 26.2 Å². The molecular weight excluding hydrogens is 160 g/mol. The summed E-state index contributed by atoms with van der Waals surface area (Å²) in [4.78, 5) is 21.3. The number of rotatable bonds is 5. The molecule has 0 bridgehead atoms. The molecule has 0 amide bonds. The zero-order chi connectivity index (χ0) is 9.14. The minimum atomic E-state index is -0.590. The van der Waals surface area contributed by atoms with Crippen molar-refractivity contribution in [3.63, 3.8) is 0 Å². The van der Waals surface area contributed by atoms with E-state index in [9.17, 15) is 9.59 Å². The number of aliphatic hydroxyl groups is 1. The smallest absolute Gasteiger partial charge is 0.348 e. The fourth-order valence-corrected chi connectivity index (χ4v) is 1.01. The first-order valence-electron chi connectivity index (χ1n) is 4.00. The molecule has 0 saturated carbocycles. The zero-order valence-electron chi connectivity index (χ0n) is 6.95. The van der Waals surface area contributed by atoms with Gasteiger partial charge in [-0.15, -0.1) is 0 Å². The second-order valence-electron chi connectivity index (χ2n) is 3.06. The Morgan fingerprint density at radius 1 is 1.75 bits per heavy atom. The molecule has 1 N–H and O–H groups in total. The van der Waals surface area contributed by atoms with E-state index < -0.39 is 6.10 Å². The topological polar surface area (TPSA) is 66.9 Å². The van der Waals surface area contributed by atoms with Crippen LogP contribution in [0.5, 0.6) is 0 Å². The quantitative estimate of drug-likeness (QED) is 0.594. The fraction of sp³-hybridized carbons (Fsp3) is 0.750. The summed E-state index contributed by atoms with van der Waals surface area (Å²) < 4.78 is 4.52. The average Bonchev–Trinajstić information content (AvgIpc) is 2.61. The lowest BCUT2D eigenvalue weighted by Crippen LogP contribution is -2.09. The van der Waals surface area contributed by atoms with Crippen LogP contribution in [0.3, 0.4) is 0 Å². The summed E-state index contributed by atoms with van der Waals surface area (Å²) in [5.74, 6) is -0.242. The highest BCUT2D eigenvalue weighted by Crippen LogP contribution is 2.18. The van der Waals surface area contributed by atoms with Crippen LogP contribution >= 0.6 is 0 Å². The number of Topliss-reactive ketones (excluding diaryl/α,β-unsaturated/α-hetero) is 1. The van der Waals surface area contributed by atoms with Crippen molar-refractivity contribution >= 4 is 11.8 Å². The van der Waals surface area contributed by atoms with Gasteiger partial charge in [-0.1, -0.05) is 0 Å². The van der Waals surface area contributed by atoms with Crippen LogP contribution in [0.15, 0.2) is 0 Å². The molecule has 1 aliphatic heterocycles. The van der Waals surface area contributed by atoms with E-state index in [1.807, 2.05) is 0 Å². The summed E-state index contributed by atoms with van der Waals surface area (Å²) in [6, 6.07) is 0. The summed E-state index contributed by atoms with van der Waals surface area (Å²) in [5.41, 5.74) is 0. The second kappa shape index (κ2) is 3.67. The van der Waals surface area contributed by atoms with Crippen molar-refractivity contribution in [3.05, 3.63) is 0 Å². The largest absolute Gasteiger partial charge is 0.448 e. The Labute approximate surface area is 70.5 Å². The van der Waals surface area contributed by atoms with Crippen LogP contribution in [0.2, 0.25) is 0 Å². The average molecular weight is 172 g/mol. The second-order valence-corrected chi connectivity index (χ2v) is 3.06. The Kier molecular flexibility index (Phi) is 2.81. The molecule has 4 nitrogen and oxygen atoms in total. The van der Waals surface area contributed by atoms with Crippen LogP contribution in [-0.2, 0) is 14.3 Å². The Morgan fingerprint density at radius 3 is 2.75 bits per heavy atom. The molecule has 0 aromatic heterocycles. The van der Waals surface area contributed by atoms with Crippen molar-refractivity contribution < 1.29 is 19.4 Å². The highest BCUT2D eigenvalue weighted by atomic mass is 16.6. The Morgan fingerprint density at radius 2 is 2.33 bits per heavy atom.